The molecule has 1 aliphatic heterocycles. The van der Waals surface area contributed by atoms with E-state index in [9.17, 15) is 0 Å². The van der Waals surface area contributed by atoms with Crippen molar-refractivity contribution < 1.29 is 0 Å². The first-order valence-electron chi connectivity index (χ1n) is 8.11. The summed E-state index contributed by atoms with van der Waals surface area (Å²) < 4.78 is 1.37. The van der Waals surface area contributed by atoms with Crippen LogP contribution < -0.4 is 10.2 Å². The van der Waals surface area contributed by atoms with Gasteiger partial charge in [-0.15, -0.1) is 11.3 Å². The number of nitrogens with one attached hydrogen (secondary N) is 1. The average molecular weight is 324 g/mol. The van der Waals surface area contributed by atoms with Crippen molar-refractivity contribution in [3.8, 4) is 0 Å². The van der Waals surface area contributed by atoms with E-state index < -0.39 is 0 Å². The first-order chi connectivity index (χ1) is 11.4. The van der Waals surface area contributed by atoms with Crippen molar-refractivity contribution in [3.05, 3.63) is 53.7 Å². The van der Waals surface area contributed by atoms with E-state index in [0.29, 0.717) is 6.04 Å². The van der Waals surface area contributed by atoms with E-state index in [1.807, 2.05) is 29.8 Å². The molecular formula is C18H20N4S. The van der Waals surface area contributed by atoms with E-state index in [1.165, 1.54) is 27.8 Å². The van der Waals surface area contributed by atoms with Gasteiger partial charge in [0, 0.05) is 47.6 Å². The van der Waals surface area contributed by atoms with Crippen LogP contribution in [0.15, 0.2) is 48.8 Å². The quantitative estimate of drug-likeness (QED) is 0.798. The second-order valence-corrected chi connectivity index (χ2v) is 7.13. The molecule has 2 aromatic heterocycles. The highest BCUT2D eigenvalue weighted by atomic mass is 32.1. The molecule has 1 aromatic carbocycles. The third kappa shape index (κ3) is 3.35. The molecule has 3 heterocycles. The number of piperidine rings is 1. The molecule has 4 nitrogen and oxygen atoms in total. The monoisotopic (exact) mass is 324 g/mol. The molecule has 4 rings (SSSR count). The number of hydrogen-bond acceptors (Lipinski definition) is 5. The van der Waals surface area contributed by atoms with Crippen LogP contribution in [-0.4, -0.2) is 29.1 Å². The summed E-state index contributed by atoms with van der Waals surface area (Å²) in [4.78, 5) is 12.4. The Morgan fingerprint density at radius 1 is 1.17 bits per heavy atom. The smallest absolute Gasteiger partial charge is 0.225 e. The molecule has 1 saturated heterocycles. The van der Waals surface area contributed by atoms with Gasteiger partial charge in [-0.25, -0.2) is 9.97 Å². The summed E-state index contributed by atoms with van der Waals surface area (Å²) >= 11 is 1.88. The van der Waals surface area contributed by atoms with Crippen molar-refractivity contribution in [1.82, 2.24) is 15.3 Å². The van der Waals surface area contributed by atoms with Gasteiger partial charge in [-0.3, -0.25) is 0 Å². The predicted octanol–water partition coefficient (Wildman–Crippen LogP) is 3.45. The van der Waals surface area contributed by atoms with Crippen LogP contribution in [0.4, 0.5) is 5.95 Å². The van der Waals surface area contributed by atoms with E-state index in [-0.39, 0.29) is 0 Å². The fourth-order valence-corrected chi connectivity index (χ4v) is 4.16. The number of thiophene rings is 1. The van der Waals surface area contributed by atoms with E-state index in [0.717, 1.165) is 25.6 Å². The highest BCUT2D eigenvalue weighted by molar-refractivity contribution is 7.19. The second kappa shape index (κ2) is 6.64. The van der Waals surface area contributed by atoms with E-state index in [4.69, 9.17) is 0 Å². The Balaban J connectivity index is 1.38. The maximum absolute atomic E-state index is 4.37. The molecule has 118 valence electrons. The number of fused-ring (bicyclic) bond motifs is 1. The molecular weight excluding hydrogens is 304 g/mol. The van der Waals surface area contributed by atoms with E-state index >= 15 is 0 Å². The minimum atomic E-state index is 0.498. The van der Waals surface area contributed by atoms with Crippen molar-refractivity contribution >= 4 is 27.4 Å². The van der Waals surface area contributed by atoms with Crippen molar-refractivity contribution in [3.63, 3.8) is 0 Å². The third-order valence-electron chi connectivity index (χ3n) is 4.30. The van der Waals surface area contributed by atoms with Crippen LogP contribution in [0.1, 0.15) is 17.7 Å². The molecule has 1 N–H and O–H groups in total. The Kier molecular flexibility index (Phi) is 4.22. The number of benzene rings is 1. The van der Waals surface area contributed by atoms with Gasteiger partial charge in [0.2, 0.25) is 5.95 Å². The summed E-state index contributed by atoms with van der Waals surface area (Å²) in [6, 6.07) is 13.2. The Labute approximate surface area is 140 Å². The highest BCUT2D eigenvalue weighted by Gasteiger charge is 2.21. The molecule has 0 aliphatic carbocycles. The van der Waals surface area contributed by atoms with Gasteiger partial charge in [-0.2, -0.15) is 0 Å². The number of rotatable bonds is 4. The van der Waals surface area contributed by atoms with Crippen LogP contribution in [0.2, 0.25) is 0 Å². The summed E-state index contributed by atoms with van der Waals surface area (Å²) in [6.45, 7) is 2.97. The summed E-state index contributed by atoms with van der Waals surface area (Å²) in [5, 5.41) is 5.06. The number of anilines is 1. The molecule has 1 aliphatic rings. The van der Waals surface area contributed by atoms with Crippen molar-refractivity contribution in [2.45, 2.75) is 25.4 Å². The largest absolute Gasteiger partial charge is 0.339 e. The Bertz CT molecular complexity index is 738. The van der Waals surface area contributed by atoms with Crippen molar-refractivity contribution in [2.75, 3.05) is 18.0 Å². The summed E-state index contributed by atoms with van der Waals surface area (Å²) in [5.41, 5.74) is 0. The van der Waals surface area contributed by atoms with Gasteiger partial charge in [0.15, 0.2) is 0 Å². The molecule has 5 heteroatoms. The fourth-order valence-electron chi connectivity index (χ4n) is 3.15. The van der Waals surface area contributed by atoms with Gasteiger partial charge in [-0.05, 0) is 36.4 Å². The predicted molar refractivity (Wildman–Crippen MR) is 95.9 cm³/mol. The first-order valence-corrected chi connectivity index (χ1v) is 8.93. The maximum atomic E-state index is 4.37. The summed E-state index contributed by atoms with van der Waals surface area (Å²) in [5.74, 6) is 0.848. The molecule has 0 radical (unpaired) electrons. The second-order valence-electron chi connectivity index (χ2n) is 5.97. The number of hydrogen-bond donors (Lipinski definition) is 1. The first kappa shape index (κ1) is 14.6. The zero-order valence-electron chi connectivity index (χ0n) is 13.0. The van der Waals surface area contributed by atoms with Crippen molar-refractivity contribution in [2.24, 2.45) is 0 Å². The average Bonchev–Trinajstić information content (AvgIpc) is 3.04. The van der Waals surface area contributed by atoms with Gasteiger partial charge in [0.1, 0.15) is 0 Å². The topological polar surface area (TPSA) is 41.1 Å². The number of nitrogens with zero attached hydrogens (tertiary/aromatic N) is 3. The molecule has 0 spiro atoms. The molecule has 23 heavy (non-hydrogen) atoms. The number of aromatic nitrogens is 2. The molecule has 0 amide bonds. The van der Waals surface area contributed by atoms with Gasteiger partial charge >= 0.3 is 0 Å². The lowest BCUT2D eigenvalue weighted by molar-refractivity contribution is 0.419. The molecule has 0 bridgehead atoms. The standard InChI is InChI=1S/C18H20N4S/c1-2-7-17-14(5-1)11-16(23-17)12-21-15-6-3-10-22(13-15)18-19-8-4-9-20-18/h1-2,4-5,7-9,11,15,21H,3,6,10,12-13H2. The lowest BCUT2D eigenvalue weighted by Gasteiger charge is -2.33. The van der Waals surface area contributed by atoms with Gasteiger partial charge in [-0.1, -0.05) is 18.2 Å². The van der Waals surface area contributed by atoms with Crippen LogP contribution in [-0.2, 0) is 6.54 Å². The Hall–Kier alpha value is -1.98. The fraction of sp³-hybridized carbons (Fsp3) is 0.333. The lowest BCUT2D eigenvalue weighted by Crippen LogP contribution is -2.46. The van der Waals surface area contributed by atoms with Crippen LogP contribution in [0.5, 0.6) is 0 Å². The molecule has 0 saturated carbocycles. The normalized spacial score (nSPS) is 18.4. The minimum Gasteiger partial charge on any atom is -0.339 e. The van der Waals surface area contributed by atoms with Gasteiger partial charge in [0.25, 0.3) is 0 Å². The third-order valence-corrected chi connectivity index (χ3v) is 5.41. The van der Waals surface area contributed by atoms with E-state index in [2.05, 4.69) is 50.5 Å². The molecule has 1 atom stereocenters. The van der Waals surface area contributed by atoms with Crippen LogP contribution in [0, 0.1) is 0 Å². The zero-order chi connectivity index (χ0) is 15.5. The van der Waals surface area contributed by atoms with Gasteiger partial charge in [0.05, 0.1) is 0 Å². The SMILES string of the molecule is c1cnc(N2CCCC(NCc3cc4ccccc4s3)C2)nc1. The Morgan fingerprint density at radius 3 is 2.91 bits per heavy atom. The van der Waals surface area contributed by atoms with Crippen LogP contribution >= 0.6 is 11.3 Å². The van der Waals surface area contributed by atoms with Gasteiger partial charge < -0.3 is 10.2 Å². The maximum Gasteiger partial charge on any atom is 0.225 e. The highest BCUT2D eigenvalue weighted by Crippen LogP contribution is 2.25. The van der Waals surface area contributed by atoms with Crippen LogP contribution in [0.25, 0.3) is 10.1 Å². The zero-order valence-corrected chi connectivity index (χ0v) is 13.8. The van der Waals surface area contributed by atoms with Crippen LogP contribution in [0.3, 0.4) is 0 Å². The molecule has 1 fully saturated rings. The lowest BCUT2D eigenvalue weighted by atomic mass is 10.1. The Morgan fingerprint density at radius 2 is 2.04 bits per heavy atom. The van der Waals surface area contributed by atoms with E-state index in [1.54, 1.807) is 0 Å². The molecule has 1 unspecified atom stereocenters. The minimum absolute atomic E-state index is 0.498. The summed E-state index contributed by atoms with van der Waals surface area (Å²) in [6.07, 6.45) is 6.03. The summed E-state index contributed by atoms with van der Waals surface area (Å²) in [7, 11) is 0. The van der Waals surface area contributed by atoms with Crippen molar-refractivity contribution in [1.29, 1.82) is 0 Å². The molecule has 3 aromatic rings.